The van der Waals surface area contributed by atoms with E-state index in [0.717, 1.165) is 25.5 Å². The van der Waals surface area contributed by atoms with Gasteiger partial charge in [0.15, 0.2) is 5.96 Å². The zero-order valence-corrected chi connectivity index (χ0v) is 14.8. The van der Waals surface area contributed by atoms with Crippen LogP contribution in [-0.2, 0) is 6.42 Å². The Bertz CT molecular complexity index is 730. The molecular formula is C22H27N3. The third-order valence-electron chi connectivity index (χ3n) is 5.38. The monoisotopic (exact) mass is 333 g/mol. The molecule has 3 heteroatoms. The Morgan fingerprint density at radius 2 is 1.80 bits per heavy atom. The molecule has 2 aromatic rings. The smallest absolute Gasteiger partial charge is 0.195 e. The Labute approximate surface area is 150 Å². The highest BCUT2D eigenvalue weighted by atomic mass is 15.2. The minimum absolute atomic E-state index is 0.675. The first kappa shape index (κ1) is 16.2. The van der Waals surface area contributed by atoms with Crippen LogP contribution in [0.1, 0.15) is 54.7 Å². The predicted octanol–water partition coefficient (Wildman–Crippen LogP) is 4.70. The van der Waals surface area contributed by atoms with E-state index in [4.69, 9.17) is 0 Å². The van der Waals surface area contributed by atoms with Crippen LogP contribution < -0.4 is 10.6 Å². The summed E-state index contributed by atoms with van der Waals surface area (Å²) in [6, 6.07) is 17.6. The van der Waals surface area contributed by atoms with E-state index in [1.165, 1.54) is 54.5 Å². The first-order chi connectivity index (χ1) is 12.4. The molecule has 2 N–H and O–H groups in total. The molecule has 25 heavy (non-hydrogen) atoms. The molecule has 0 spiro atoms. The summed E-state index contributed by atoms with van der Waals surface area (Å²) >= 11 is 0. The largest absolute Gasteiger partial charge is 0.354 e. The van der Waals surface area contributed by atoms with Crippen molar-refractivity contribution in [3.8, 4) is 0 Å². The summed E-state index contributed by atoms with van der Waals surface area (Å²) in [6.07, 6.45) is 7.67. The Balaban J connectivity index is 1.68. The summed E-state index contributed by atoms with van der Waals surface area (Å²) < 4.78 is 0. The van der Waals surface area contributed by atoms with Crippen molar-refractivity contribution in [1.29, 1.82) is 0 Å². The number of hydrogen-bond donors (Lipinski definition) is 2. The molecule has 1 aliphatic carbocycles. The van der Waals surface area contributed by atoms with Gasteiger partial charge in [-0.25, -0.2) is 0 Å². The molecule has 0 unspecified atom stereocenters. The van der Waals surface area contributed by atoms with Crippen LogP contribution in [0.25, 0.3) is 0 Å². The molecule has 0 saturated heterocycles. The second-order valence-corrected chi connectivity index (χ2v) is 7.16. The van der Waals surface area contributed by atoms with Crippen LogP contribution in [0.15, 0.2) is 53.5 Å². The average Bonchev–Trinajstić information content (AvgIpc) is 3.18. The van der Waals surface area contributed by atoms with Gasteiger partial charge in [-0.3, -0.25) is 4.99 Å². The van der Waals surface area contributed by atoms with Crippen molar-refractivity contribution in [3.63, 3.8) is 0 Å². The zero-order valence-electron chi connectivity index (χ0n) is 14.8. The maximum absolute atomic E-state index is 4.56. The number of guanidine groups is 1. The van der Waals surface area contributed by atoms with Gasteiger partial charge >= 0.3 is 0 Å². The SMILES string of the molecule is c1ccc(Cc2cccc(C3CCCCC3)c2NC2=NCCN2)cc1. The highest BCUT2D eigenvalue weighted by Gasteiger charge is 2.21. The van der Waals surface area contributed by atoms with E-state index in [-0.39, 0.29) is 0 Å². The molecule has 0 radical (unpaired) electrons. The molecule has 1 fully saturated rings. The van der Waals surface area contributed by atoms with Gasteiger partial charge in [-0.15, -0.1) is 0 Å². The number of benzene rings is 2. The topological polar surface area (TPSA) is 36.4 Å². The number of anilines is 1. The van der Waals surface area contributed by atoms with Gasteiger partial charge in [0, 0.05) is 12.2 Å². The van der Waals surface area contributed by atoms with Gasteiger partial charge in [0.25, 0.3) is 0 Å². The average molecular weight is 333 g/mol. The molecule has 1 aliphatic heterocycles. The highest BCUT2D eigenvalue weighted by Crippen LogP contribution is 2.38. The molecule has 2 aliphatic rings. The van der Waals surface area contributed by atoms with Crippen molar-refractivity contribution in [2.24, 2.45) is 4.99 Å². The van der Waals surface area contributed by atoms with Crippen LogP contribution in [-0.4, -0.2) is 19.0 Å². The van der Waals surface area contributed by atoms with Crippen molar-refractivity contribution in [2.75, 3.05) is 18.4 Å². The molecule has 3 nitrogen and oxygen atoms in total. The van der Waals surface area contributed by atoms with E-state index in [1.54, 1.807) is 0 Å². The standard InChI is InChI=1S/C22H27N3/c1-3-8-17(9-4-1)16-19-12-7-13-20(18-10-5-2-6-11-18)21(19)25-22-23-14-15-24-22/h1,3-4,7-9,12-13,18H,2,5-6,10-11,14-16H2,(H2,23,24,25). The van der Waals surface area contributed by atoms with Crippen molar-refractivity contribution in [1.82, 2.24) is 5.32 Å². The molecule has 130 valence electrons. The Hall–Kier alpha value is -2.29. The second kappa shape index (κ2) is 7.73. The highest BCUT2D eigenvalue weighted by molar-refractivity contribution is 5.96. The van der Waals surface area contributed by atoms with Crippen LogP contribution in [0.4, 0.5) is 5.69 Å². The number of nitrogens with one attached hydrogen (secondary N) is 2. The van der Waals surface area contributed by atoms with Gasteiger partial charge in [0.1, 0.15) is 0 Å². The number of nitrogens with zero attached hydrogens (tertiary/aromatic N) is 1. The van der Waals surface area contributed by atoms with Crippen molar-refractivity contribution < 1.29 is 0 Å². The van der Waals surface area contributed by atoms with Crippen molar-refractivity contribution in [3.05, 3.63) is 65.2 Å². The van der Waals surface area contributed by atoms with E-state index in [1.807, 2.05) is 0 Å². The number of aliphatic imine (C=N–C) groups is 1. The lowest BCUT2D eigenvalue weighted by Gasteiger charge is -2.26. The van der Waals surface area contributed by atoms with E-state index in [9.17, 15) is 0 Å². The molecule has 1 heterocycles. The summed E-state index contributed by atoms with van der Waals surface area (Å²) in [7, 11) is 0. The maximum Gasteiger partial charge on any atom is 0.195 e. The summed E-state index contributed by atoms with van der Waals surface area (Å²) in [4.78, 5) is 4.56. The zero-order chi connectivity index (χ0) is 16.9. The van der Waals surface area contributed by atoms with Crippen molar-refractivity contribution in [2.45, 2.75) is 44.4 Å². The Kier molecular flexibility index (Phi) is 5.01. The minimum atomic E-state index is 0.675. The molecule has 4 rings (SSSR count). The molecule has 2 aromatic carbocycles. The Morgan fingerprint density at radius 1 is 0.960 bits per heavy atom. The molecule has 0 bridgehead atoms. The molecule has 0 amide bonds. The van der Waals surface area contributed by atoms with Crippen LogP contribution in [0.3, 0.4) is 0 Å². The van der Waals surface area contributed by atoms with Gasteiger partial charge in [-0.2, -0.15) is 0 Å². The number of rotatable bonds is 4. The van der Waals surface area contributed by atoms with E-state index in [0.29, 0.717) is 5.92 Å². The minimum Gasteiger partial charge on any atom is -0.354 e. The lowest BCUT2D eigenvalue weighted by molar-refractivity contribution is 0.444. The predicted molar refractivity (Wildman–Crippen MR) is 105 cm³/mol. The van der Waals surface area contributed by atoms with Crippen LogP contribution in [0, 0.1) is 0 Å². The molecule has 0 aromatic heterocycles. The first-order valence-electron chi connectivity index (χ1n) is 9.61. The third-order valence-corrected chi connectivity index (χ3v) is 5.38. The van der Waals surface area contributed by atoms with Crippen LogP contribution >= 0.6 is 0 Å². The summed E-state index contributed by atoms with van der Waals surface area (Å²) in [6.45, 7) is 1.80. The second-order valence-electron chi connectivity index (χ2n) is 7.16. The first-order valence-corrected chi connectivity index (χ1v) is 9.61. The maximum atomic E-state index is 4.56. The van der Waals surface area contributed by atoms with E-state index >= 15 is 0 Å². The summed E-state index contributed by atoms with van der Waals surface area (Å²) in [5, 5.41) is 7.00. The lowest BCUT2D eigenvalue weighted by Crippen LogP contribution is -2.27. The Morgan fingerprint density at radius 3 is 2.56 bits per heavy atom. The molecular weight excluding hydrogens is 306 g/mol. The van der Waals surface area contributed by atoms with Crippen LogP contribution in [0.2, 0.25) is 0 Å². The number of para-hydroxylation sites is 1. The van der Waals surface area contributed by atoms with Gasteiger partial charge in [0.2, 0.25) is 0 Å². The van der Waals surface area contributed by atoms with Gasteiger partial charge < -0.3 is 10.6 Å². The quantitative estimate of drug-likeness (QED) is 0.851. The fourth-order valence-corrected chi connectivity index (χ4v) is 4.09. The fourth-order valence-electron chi connectivity index (χ4n) is 4.09. The third kappa shape index (κ3) is 3.87. The van der Waals surface area contributed by atoms with Gasteiger partial charge in [0.05, 0.1) is 6.54 Å². The molecule has 1 saturated carbocycles. The van der Waals surface area contributed by atoms with E-state index < -0.39 is 0 Å². The van der Waals surface area contributed by atoms with Gasteiger partial charge in [-0.1, -0.05) is 67.8 Å². The van der Waals surface area contributed by atoms with E-state index in [2.05, 4.69) is 64.2 Å². The number of hydrogen-bond acceptors (Lipinski definition) is 3. The van der Waals surface area contributed by atoms with Crippen molar-refractivity contribution >= 4 is 11.6 Å². The van der Waals surface area contributed by atoms with Gasteiger partial charge in [-0.05, 0) is 41.9 Å². The van der Waals surface area contributed by atoms with Crippen LogP contribution in [0.5, 0.6) is 0 Å². The summed E-state index contributed by atoms with van der Waals surface area (Å²) in [5.74, 6) is 1.60. The molecule has 0 atom stereocenters. The normalized spacial score (nSPS) is 17.8. The summed E-state index contributed by atoms with van der Waals surface area (Å²) in [5.41, 5.74) is 5.48. The fraction of sp³-hybridized carbons (Fsp3) is 0.409. The lowest BCUT2D eigenvalue weighted by atomic mass is 9.82.